The molecule has 0 aliphatic carbocycles. The highest BCUT2D eigenvalue weighted by Gasteiger charge is 2.13. The molecule has 1 heterocycles. The molecule has 0 aliphatic rings. The number of carbonyl (C=O) groups is 1. The van der Waals surface area contributed by atoms with Crippen LogP contribution in [0.2, 0.25) is 0 Å². The standard InChI is InChI=1S/C14H16BrN3OS/c1-8-12(9(2)18(3)17-8)7-16-14(19)11-6-10(20)4-5-13(11)15/h4-6,20H,7H2,1-3H3,(H,16,19). The summed E-state index contributed by atoms with van der Waals surface area (Å²) < 4.78 is 2.58. The maximum Gasteiger partial charge on any atom is 0.252 e. The van der Waals surface area contributed by atoms with E-state index in [4.69, 9.17) is 0 Å². The van der Waals surface area contributed by atoms with Crippen molar-refractivity contribution in [3.8, 4) is 0 Å². The monoisotopic (exact) mass is 353 g/mol. The molecule has 0 radical (unpaired) electrons. The summed E-state index contributed by atoms with van der Waals surface area (Å²) in [4.78, 5) is 13.0. The molecule has 0 spiro atoms. The van der Waals surface area contributed by atoms with Gasteiger partial charge in [0.2, 0.25) is 0 Å². The van der Waals surface area contributed by atoms with Gasteiger partial charge in [-0.2, -0.15) is 5.10 Å². The van der Waals surface area contributed by atoms with Crippen LogP contribution in [0.25, 0.3) is 0 Å². The lowest BCUT2D eigenvalue weighted by atomic mass is 10.1. The van der Waals surface area contributed by atoms with Crippen LogP contribution in [0.5, 0.6) is 0 Å². The number of halogens is 1. The van der Waals surface area contributed by atoms with Crippen LogP contribution < -0.4 is 5.32 Å². The first-order valence-electron chi connectivity index (χ1n) is 6.16. The van der Waals surface area contributed by atoms with E-state index in [2.05, 4.69) is 39.0 Å². The molecule has 0 saturated carbocycles. The van der Waals surface area contributed by atoms with Crippen molar-refractivity contribution in [3.63, 3.8) is 0 Å². The summed E-state index contributed by atoms with van der Waals surface area (Å²) in [6, 6.07) is 5.39. The number of aryl methyl sites for hydroxylation is 2. The molecular formula is C14H16BrN3OS. The summed E-state index contributed by atoms with van der Waals surface area (Å²) in [5.74, 6) is -0.129. The summed E-state index contributed by atoms with van der Waals surface area (Å²) in [7, 11) is 1.90. The minimum Gasteiger partial charge on any atom is -0.348 e. The first kappa shape index (κ1) is 15.1. The van der Waals surface area contributed by atoms with Gasteiger partial charge >= 0.3 is 0 Å². The van der Waals surface area contributed by atoms with Crippen LogP contribution >= 0.6 is 28.6 Å². The van der Waals surface area contributed by atoms with Crippen molar-refractivity contribution in [2.24, 2.45) is 7.05 Å². The number of nitrogens with one attached hydrogen (secondary N) is 1. The summed E-state index contributed by atoms with van der Waals surface area (Å²) in [6.07, 6.45) is 0. The molecule has 0 unspecified atom stereocenters. The van der Waals surface area contributed by atoms with Crippen LogP contribution in [0.4, 0.5) is 0 Å². The molecule has 2 aromatic rings. The SMILES string of the molecule is Cc1nn(C)c(C)c1CNC(=O)c1cc(S)ccc1Br. The Morgan fingerprint density at radius 3 is 2.75 bits per heavy atom. The zero-order valence-corrected chi connectivity index (χ0v) is 14.0. The minimum absolute atomic E-state index is 0.129. The summed E-state index contributed by atoms with van der Waals surface area (Å²) in [5, 5.41) is 7.26. The van der Waals surface area contributed by atoms with Gasteiger partial charge in [-0.1, -0.05) is 0 Å². The Labute approximate surface area is 132 Å². The Morgan fingerprint density at radius 1 is 1.45 bits per heavy atom. The largest absolute Gasteiger partial charge is 0.348 e. The number of benzene rings is 1. The van der Waals surface area contributed by atoms with Crippen molar-refractivity contribution in [1.82, 2.24) is 15.1 Å². The van der Waals surface area contributed by atoms with Crippen LogP contribution in [-0.4, -0.2) is 15.7 Å². The lowest BCUT2D eigenvalue weighted by molar-refractivity contribution is 0.0950. The highest BCUT2D eigenvalue weighted by atomic mass is 79.9. The predicted octanol–water partition coefficient (Wildman–Crippen LogP) is 3.02. The second-order valence-corrected chi connectivity index (χ2v) is 5.99. The van der Waals surface area contributed by atoms with E-state index in [0.717, 1.165) is 26.3 Å². The van der Waals surface area contributed by atoms with Gasteiger partial charge in [-0.3, -0.25) is 9.48 Å². The van der Waals surface area contributed by atoms with Crippen molar-refractivity contribution in [3.05, 3.63) is 45.2 Å². The molecule has 20 heavy (non-hydrogen) atoms. The zero-order valence-electron chi connectivity index (χ0n) is 11.6. The molecule has 1 N–H and O–H groups in total. The molecular weight excluding hydrogens is 338 g/mol. The van der Waals surface area contributed by atoms with Gasteiger partial charge < -0.3 is 5.32 Å². The van der Waals surface area contributed by atoms with Crippen LogP contribution in [0.15, 0.2) is 27.6 Å². The van der Waals surface area contributed by atoms with Gasteiger partial charge in [-0.25, -0.2) is 0 Å². The molecule has 1 aromatic carbocycles. The predicted molar refractivity (Wildman–Crippen MR) is 85.2 cm³/mol. The van der Waals surface area contributed by atoms with Gasteiger partial charge in [0.15, 0.2) is 0 Å². The van der Waals surface area contributed by atoms with Gasteiger partial charge in [0.25, 0.3) is 5.91 Å². The topological polar surface area (TPSA) is 46.9 Å². The number of nitrogens with zero attached hydrogens (tertiary/aromatic N) is 2. The number of hydrogen-bond donors (Lipinski definition) is 2. The lowest BCUT2D eigenvalue weighted by Crippen LogP contribution is -2.23. The van der Waals surface area contributed by atoms with E-state index in [1.807, 2.05) is 37.7 Å². The molecule has 0 bridgehead atoms. The molecule has 0 atom stereocenters. The van der Waals surface area contributed by atoms with Crippen molar-refractivity contribution in [1.29, 1.82) is 0 Å². The van der Waals surface area contributed by atoms with E-state index >= 15 is 0 Å². The number of amides is 1. The maximum atomic E-state index is 12.2. The average molecular weight is 354 g/mol. The van der Waals surface area contributed by atoms with Gasteiger partial charge in [-0.05, 0) is 48.0 Å². The summed E-state index contributed by atoms with van der Waals surface area (Å²) >= 11 is 7.63. The average Bonchev–Trinajstić information content (AvgIpc) is 2.64. The molecule has 1 aromatic heterocycles. The Kier molecular flexibility index (Phi) is 4.55. The smallest absolute Gasteiger partial charge is 0.252 e. The Morgan fingerprint density at radius 2 is 2.15 bits per heavy atom. The Hall–Kier alpha value is -1.27. The number of rotatable bonds is 3. The van der Waals surface area contributed by atoms with Gasteiger partial charge in [-0.15, -0.1) is 12.6 Å². The summed E-state index contributed by atoms with van der Waals surface area (Å²) in [6.45, 7) is 4.40. The number of thiol groups is 1. The molecule has 6 heteroatoms. The second-order valence-electron chi connectivity index (χ2n) is 4.62. The fraction of sp³-hybridized carbons (Fsp3) is 0.286. The van der Waals surface area contributed by atoms with Crippen molar-refractivity contribution in [2.75, 3.05) is 0 Å². The van der Waals surface area contributed by atoms with Crippen LogP contribution in [-0.2, 0) is 13.6 Å². The second kappa shape index (κ2) is 6.01. The summed E-state index contributed by atoms with van der Waals surface area (Å²) in [5.41, 5.74) is 3.63. The molecule has 2 rings (SSSR count). The molecule has 0 saturated heterocycles. The van der Waals surface area contributed by atoms with E-state index in [1.54, 1.807) is 6.07 Å². The number of aromatic nitrogens is 2. The van der Waals surface area contributed by atoms with Crippen molar-refractivity contribution >= 4 is 34.5 Å². The fourth-order valence-electron chi connectivity index (χ4n) is 2.02. The van der Waals surface area contributed by atoms with Crippen LogP contribution in [0.1, 0.15) is 27.3 Å². The normalized spacial score (nSPS) is 10.7. The van der Waals surface area contributed by atoms with E-state index in [0.29, 0.717) is 12.1 Å². The molecule has 106 valence electrons. The van der Waals surface area contributed by atoms with Gasteiger partial charge in [0.1, 0.15) is 0 Å². The molecule has 0 aliphatic heterocycles. The van der Waals surface area contributed by atoms with Crippen LogP contribution in [0, 0.1) is 13.8 Å². The van der Waals surface area contributed by atoms with Crippen LogP contribution in [0.3, 0.4) is 0 Å². The molecule has 0 fully saturated rings. The van der Waals surface area contributed by atoms with E-state index < -0.39 is 0 Å². The van der Waals surface area contributed by atoms with E-state index in [-0.39, 0.29) is 5.91 Å². The first-order chi connectivity index (χ1) is 9.40. The zero-order chi connectivity index (χ0) is 14.9. The maximum absolute atomic E-state index is 12.2. The minimum atomic E-state index is -0.129. The van der Waals surface area contributed by atoms with Gasteiger partial charge in [0, 0.05) is 34.2 Å². The van der Waals surface area contributed by atoms with Crippen molar-refractivity contribution < 1.29 is 4.79 Å². The highest BCUT2D eigenvalue weighted by molar-refractivity contribution is 9.10. The van der Waals surface area contributed by atoms with Crippen molar-refractivity contribution in [2.45, 2.75) is 25.3 Å². The van der Waals surface area contributed by atoms with E-state index in [9.17, 15) is 4.79 Å². The third-order valence-electron chi connectivity index (χ3n) is 3.28. The number of hydrogen-bond acceptors (Lipinski definition) is 3. The molecule has 4 nitrogen and oxygen atoms in total. The fourth-order valence-corrected chi connectivity index (χ4v) is 2.65. The Balaban J connectivity index is 2.15. The van der Waals surface area contributed by atoms with Gasteiger partial charge in [0.05, 0.1) is 11.3 Å². The quantitative estimate of drug-likeness (QED) is 0.833. The third-order valence-corrected chi connectivity index (χ3v) is 4.25. The van der Waals surface area contributed by atoms with E-state index in [1.165, 1.54) is 0 Å². The lowest BCUT2D eigenvalue weighted by Gasteiger charge is -2.08. The highest BCUT2D eigenvalue weighted by Crippen LogP contribution is 2.20. The number of carbonyl (C=O) groups excluding carboxylic acids is 1. The third kappa shape index (κ3) is 3.07. The first-order valence-corrected chi connectivity index (χ1v) is 7.40. The Bertz CT molecular complexity index is 667. The molecule has 1 amide bonds.